The highest BCUT2D eigenvalue weighted by atomic mass is 32.2. The summed E-state index contributed by atoms with van der Waals surface area (Å²) in [5.41, 5.74) is 3.83. The fourth-order valence-electron chi connectivity index (χ4n) is 2.12. The van der Waals surface area contributed by atoms with Crippen LogP contribution < -0.4 is 11.3 Å². The summed E-state index contributed by atoms with van der Waals surface area (Å²) in [7, 11) is -3.29. The molecule has 0 spiro atoms. The smallest absolute Gasteiger partial charge is 0.175 e. The number of sulfone groups is 1. The molecule has 0 bridgehead atoms. The average Bonchev–Trinajstić information content (AvgIpc) is 2.46. The zero-order chi connectivity index (χ0) is 15.5. The van der Waals surface area contributed by atoms with E-state index in [1.165, 1.54) is 12.1 Å². The Hall–Kier alpha value is -1.76. The summed E-state index contributed by atoms with van der Waals surface area (Å²) >= 11 is 0. The van der Waals surface area contributed by atoms with Crippen LogP contribution in [0.3, 0.4) is 0 Å². The van der Waals surface area contributed by atoms with Crippen LogP contribution in [0.1, 0.15) is 17.2 Å². The second kappa shape index (κ2) is 6.34. The molecule has 0 aliphatic rings. The molecule has 112 valence electrons. The highest BCUT2D eigenvalue weighted by Gasteiger charge is 2.15. The molecule has 21 heavy (non-hydrogen) atoms. The van der Waals surface area contributed by atoms with E-state index >= 15 is 0 Å². The van der Waals surface area contributed by atoms with Gasteiger partial charge in [0.25, 0.3) is 0 Å². The number of hydrazine groups is 1. The molecule has 6 heteroatoms. The first-order valence-electron chi connectivity index (χ1n) is 6.41. The molecule has 2 rings (SSSR count). The summed E-state index contributed by atoms with van der Waals surface area (Å²) in [5.74, 6) is 5.23. The molecule has 0 aromatic heterocycles. The number of hydrogen-bond acceptors (Lipinski definition) is 4. The highest BCUT2D eigenvalue weighted by molar-refractivity contribution is 7.90. The Bertz CT molecular complexity index is 732. The highest BCUT2D eigenvalue weighted by Crippen LogP contribution is 2.22. The third-order valence-electron chi connectivity index (χ3n) is 3.27. The van der Waals surface area contributed by atoms with Gasteiger partial charge in [0, 0.05) is 6.26 Å². The molecular weight excluding hydrogens is 291 g/mol. The molecule has 2 aromatic carbocycles. The van der Waals surface area contributed by atoms with Crippen LogP contribution in [0.25, 0.3) is 0 Å². The van der Waals surface area contributed by atoms with E-state index in [1.807, 2.05) is 0 Å². The van der Waals surface area contributed by atoms with Gasteiger partial charge in [0.1, 0.15) is 5.82 Å². The third-order valence-corrected chi connectivity index (χ3v) is 4.38. The number of nitrogens with one attached hydrogen (secondary N) is 1. The van der Waals surface area contributed by atoms with Crippen LogP contribution in [0.4, 0.5) is 4.39 Å². The summed E-state index contributed by atoms with van der Waals surface area (Å²) < 4.78 is 36.9. The Morgan fingerprint density at radius 3 is 2.52 bits per heavy atom. The largest absolute Gasteiger partial charge is 0.271 e. The van der Waals surface area contributed by atoms with E-state index in [0.717, 1.165) is 6.26 Å². The van der Waals surface area contributed by atoms with Gasteiger partial charge in [-0.15, -0.1) is 0 Å². The minimum Gasteiger partial charge on any atom is -0.271 e. The van der Waals surface area contributed by atoms with Crippen molar-refractivity contribution in [2.45, 2.75) is 17.4 Å². The molecule has 0 saturated carbocycles. The molecule has 0 fully saturated rings. The van der Waals surface area contributed by atoms with Crippen molar-refractivity contribution < 1.29 is 12.8 Å². The number of hydrogen-bond donors (Lipinski definition) is 2. The first kappa shape index (κ1) is 15.6. The topological polar surface area (TPSA) is 72.2 Å². The van der Waals surface area contributed by atoms with Crippen molar-refractivity contribution in [2.24, 2.45) is 5.84 Å². The van der Waals surface area contributed by atoms with Crippen LogP contribution in [-0.2, 0) is 16.3 Å². The SMILES string of the molecule is CS(=O)(=O)c1cccc(C(Cc2ccccc2F)NN)c1. The molecule has 0 amide bonds. The molecular formula is C15H17FN2O2S. The molecule has 3 N–H and O–H groups in total. The van der Waals surface area contributed by atoms with Crippen LogP contribution in [0.2, 0.25) is 0 Å². The summed E-state index contributed by atoms with van der Waals surface area (Å²) in [6, 6.07) is 12.6. The maximum absolute atomic E-state index is 13.7. The maximum atomic E-state index is 13.7. The van der Waals surface area contributed by atoms with Crippen LogP contribution >= 0.6 is 0 Å². The zero-order valence-corrected chi connectivity index (χ0v) is 12.4. The molecule has 0 aliphatic heterocycles. The monoisotopic (exact) mass is 308 g/mol. The van der Waals surface area contributed by atoms with Crippen LogP contribution in [0.5, 0.6) is 0 Å². The minimum atomic E-state index is -3.29. The van der Waals surface area contributed by atoms with Gasteiger partial charge in [-0.25, -0.2) is 12.8 Å². The van der Waals surface area contributed by atoms with Crippen LogP contribution in [0, 0.1) is 5.82 Å². The van der Waals surface area contributed by atoms with Crippen molar-refractivity contribution in [3.05, 3.63) is 65.5 Å². The summed E-state index contributed by atoms with van der Waals surface area (Å²) in [5, 5.41) is 0. The lowest BCUT2D eigenvalue weighted by molar-refractivity contribution is 0.528. The van der Waals surface area contributed by atoms with Gasteiger partial charge in [-0.1, -0.05) is 30.3 Å². The average molecular weight is 308 g/mol. The summed E-state index contributed by atoms with van der Waals surface area (Å²) in [6.07, 6.45) is 1.48. The summed E-state index contributed by atoms with van der Waals surface area (Å²) in [4.78, 5) is 0.216. The number of benzene rings is 2. The Kier molecular flexibility index (Phi) is 4.72. The van der Waals surface area contributed by atoms with E-state index in [0.29, 0.717) is 17.5 Å². The van der Waals surface area contributed by atoms with Crippen LogP contribution in [0.15, 0.2) is 53.4 Å². The van der Waals surface area contributed by atoms with Crippen molar-refractivity contribution in [3.8, 4) is 0 Å². The van der Waals surface area contributed by atoms with Gasteiger partial charge in [-0.2, -0.15) is 0 Å². The number of rotatable bonds is 5. The Morgan fingerprint density at radius 2 is 1.90 bits per heavy atom. The third kappa shape index (κ3) is 3.87. The van der Waals surface area contributed by atoms with Crippen LogP contribution in [-0.4, -0.2) is 14.7 Å². The van der Waals surface area contributed by atoms with Crippen molar-refractivity contribution in [2.75, 3.05) is 6.26 Å². The predicted octanol–water partition coefficient (Wildman–Crippen LogP) is 1.98. The van der Waals surface area contributed by atoms with Crippen molar-refractivity contribution in [1.29, 1.82) is 0 Å². The van der Waals surface area contributed by atoms with Gasteiger partial charge in [0.2, 0.25) is 0 Å². The van der Waals surface area contributed by atoms with E-state index in [2.05, 4.69) is 5.43 Å². The molecule has 0 radical (unpaired) electrons. The first-order valence-corrected chi connectivity index (χ1v) is 8.30. The maximum Gasteiger partial charge on any atom is 0.175 e. The molecule has 4 nitrogen and oxygen atoms in total. The molecule has 0 heterocycles. The van der Waals surface area contributed by atoms with Gasteiger partial charge >= 0.3 is 0 Å². The first-order chi connectivity index (χ1) is 9.91. The Balaban J connectivity index is 2.32. The molecule has 0 saturated heterocycles. The van der Waals surface area contributed by atoms with Crippen molar-refractivity contribution >= 4 is 9.84 Å². The lowest BCUT2D eigenvalue weighted by atomic mass is 9.99. The van der Waals surface area contributed by atoms with E-state index in [1.54, 1.807) is 36.4 Å². The summed E-state index contributed by atoms with van der Waals surface area (Å²) in [6.45, 7) is 0. The predicted molar refractivity (Wildman–Crippen MR) is 79.7 cm³/mol. The van der Waals surface area contributed by atoms with Crippen molar-refractivity contribution in [1.82, 2.24) is 5.43 Å². The zero-order valence-electron chi connectivity index (χ0n) is 11.6. The van der Waals surface area contributed by atoms with E-state index in [9.17, 15) is 12.8 Å². The molecule has 1 unspecified atom stereocenters. The fraction of sp³-hybridized carbons (Fsp3) is 0.200. The standard InChI is InChI=1S/C15H17FN2O2S/c1-21(19,20)13-7-4-6-12(9-13)15(18-17)10-11-5-2-3-8-14(11)16/h2-9,15,18H,10,17H2,1H3. The van der Waals surface area contributed by atoms with Gasteiger partial charge in [0.15, 0.2) is 9.84 Å². The number of nitrogens with two attached hydrogens (primary N) is 1. The Labute approximate surface area is 123 Å². The second-order valence-electron chi connectivity index (χ2n) is 4.86. The molecule has 1 atom stereocenters. The fourth-order valence-corrected chi connectivity index (χ4v) is 2.79. The second-order valence-corrected chi connectivity index (χ2v) is 6.88. The lowest BCUT2D eigenvalue weighted by Crippen LogP contribution is -2.30. The molecule has 0 aliphatic carbocycles. The van der Waals surface area contributed by atoms with E-state index < -0.39 is 9.84 Å². The van der Waals surface area contributed by atoms with E-state index in [4.69, 9.17) is 5.84 Å². The number of halogens is 1. The Morgan fingerprint density at radius 1 is 1.19 bits per heavy atom. The quantitative estimate of drug-likeness (QED) is 0.654. The molecule has 2 aromatic rings. The normalized spacial score (nSPS) is 13.1. The van der Waals surface area contributed by atoms with Gasteiger partial charge in [0.05, 0.1) is 10.9 Å². The minimum absolute atomic E-state index is 0.216. The van der Waals surface area contributed by atoms with Gasteiger partial charge < -0.3 is 0 Å². The van der Waals surface area contributed by atoms with E-state index in [-0.39, 0.29) is 16.8 Å². The van der Waals surface area contributed by atoms with Gasteiger partial charge in [-0.3, -0.25) is 11.3 Å². The lowest BCUT2D eigenvalue weighted by Gasteiger charge is -2.17. The van der Waals surface area contributed by atoms with Crippen molar-refractivity contribution in [3.63, 3.8) is 0 Å². The van der Waals surface area contributed by atoms with Gasteiger partial charge in [-0.05, 0) is 35.7 Å².